The van der Waals surface area contributed by atoms with Crippen molar-refractivity contribution in [1.29, 1.82) is 0 Å². The van der Waals surface area contributed by atoms with Crippen molar-refractivity contribution in [2.45, 2.75) is 13.8 Å². The molecule has 1 aliphatic carbocycles. The van der Waals surface area contributed by atoms with Crippen molar-refractivity contribution >= 4 is 39.2 Å². The molecule has 0 atom stereocenters. The van der Waals surface area contributed by atoms with Gasteiger partial charge in [-0.3, -0.25) is 0 Å². The van der Waals surface area contributed by atoms with E-state index >= 15 is 0 Å². The number of nitrogens with one attached hydrogen (secondary N) is 1. The van der Waals surface area contributed by atoms with E-state index < -0.39 is 0 Å². The number of benzene rings is 5. The standard InChI is InChI=1S/C43H37N3/c1-3-45(35-18-10-6-11-19-35)37-28-24-32(25-29-37)41(33-26-30-38(31-27-33)46(4-2)36-20-12-7-13-21-36)42-39-22-14-15-23-40(39)44-43(42)34-16-8-5-9-17-34/h5-31H,3-4H2,1-2H3/p+1. The summed E-state index contributed by atoms with van der Waals surface area (Å²) in [4.78, 5) is 6.13. The number of allylic oxidation sites excluding steroid dienone is 5. The van der Waals surface area contributed by atoms with E-state index in [2.05, 4.69) is 192 Å². The Hall–Kier alpha value is -5.67. The molecule has 1 N–H and O–H groups in total. The number of aromatic nitrogens is 1. The molecule has 1 aromatic heterocycles. The monoisotopic (exact) mass is 596 g/mol. The second-order valence-corrected chi connectivity index (χ2v) is 11.4. The molecule has 5 aromatic carbocycles. The van der Waals surface area contributed by atoms with Crippen molar-refractivity contribution < 1.29 is 4.58 Å². The Morgan fingerprint density at radius 2 is 1.20 bits per heavy atom. The predicted octanol–water partition coefficient (Wildman–Crippen LogP) is 10.7. The summed E-state index contributed by atoms with van der Waals surface area (Å²) in [5.41, 5.74) is 12.9. The van der Waals surface area contributed by atoms with E-state index in [1.165, 1.54) is 56.0 Å². The maximum atomic E-state index is 3.78. The number of hydrogen-bond donors (Lipinski definition) is 1. The Labute approximate surface area is 271 Å². The smallest absolute Gasteiger partial charge is 0.205 e. The Morgan fingerprint density at radius 3 is 1.85 bits per heavy atom. The zero-order valence-corrected chi connectivity index (χ0v) is 26.4. The van der Waals surface area contributed by atoms with E-state index in [-0.39, 0.29) is 0 Å². The molecule has 0 aliphatic heterocycles. The quantitative estimate of drug-likeness (QED) is 0.174. The van der Waals surface area contributed by atoms with Crippen LogP contribution in [-0.2, 0) is 0 Å². The summed E-state index contributed by atoms with van der Waals surface area (Å²) in [7, 11) is 0. The summed E-state index contributed by atoms with van der Waals surface area (Å²) < 4.78 is 2.35. The first-order valence-electron chi connectivity index (χ1n) is 16.1. The first kappa shape index (κ1) is 29.1. The number of aromatic amines is 1. The molecule has 7 rings (SSSR count). The maximum absolute atomic E-state index is 3.78. The highest BCUT2D eigenvalue weighted by Crippen LogP contribution is 2.41. The van der Waals surface area contributed by atoms with Crippen molar-refractivity contribution in [3.63, 3.8) is 0 Å². The van der Waals surface area contributed by atoms with Gasteiger partial charge in [-0.15, -0.1) is 0 Å². The zero-order chi connectivity index (χ0) is 31.3. The number of anilines is 2. The molecule has 0 radical (unpaired) electrons. The van der Waals surface area contributed by atoms with Crippen LogP contribution < -0.4 is 4.90 Å². The molecular weight excluding hydrogens is 558 g/mol. The summed E-state index contributed by atoms with van der Waals surface area (Å²) in [6.07, 6.45) is 9.07. The lowest BCUT2D eigenvalue weighted by molar-refractivity contribution is -0.434. The molecule has 1 aliphatic rings. The summed E-state index contributed by atoms with van der Waals surface area (Å²) in [5, 5.41) is 1.21. The highest BCUT2D eigenvalue weighted by Gasteiger charge is 2.22. The molecule has 3 heteroatoms. The summed E-state index contributed by atoms with van der Waals surface area (Å²) in [6, 6.07) is 49.6. The Bertz CT molecular complexity index is 2060. The molecular formula is C43H38N3+. The number of rotatable bonds is 8. The van der Waals surface area contributed by atoms with E-state index in [1.54, 1.807) is 0 Å². The number of H-pyrrole nitrogens is 1. The highest BCUT2D eigenvalue weighted by atomic mass is 15.1. The van der Waals surface area contributed by atoms with Crippen molar-refractivity contribution in [3.8, 4) is 11.3 Å². The fraction of sp³-hybridized carbons (Fsp3) is 0.0930. The van der Waals surface area contributed by atoms with Gasteiger partial charge in [-0.05, 0) is 78.6 Å². The molecule has 0 unspecified atom stereocenters. The normalized spacial score (nSPS) is 12.5. The van der Waals surface area contributed by atoms with Crippen LogP contribution in [0.5, 0.6) is 0 Å². The summed E-state index contributed by atoms with van der Waals surface area (Å²) >= 11 is 0. The van der Waals surface area contributed by atoms with Gasteiger partial charge in [0.25, 0.3) is 0 Å². The molecule has 0 fully saturated rings. The topological polar surface area (TPSA) is 22.0 Å². The molecule has 0 saturated carbocycles. The number of hydrogen-bond acceptors (Lipinski definition) is 1. The van der Waals surface area contributed by atoms with Gasteiger partial charge in [-0.2, -0.15) is 4.58 Å². The van der Waals surface area contributed by atoms with Gasteiger partial charge in [0.1, 0.15) is 6.54 Å². The van der Waals surface area contributed by atoms with Crippen LogP contribution in [0.2, 0.25) is 0 Å². The first-order valence-corrected chi connectivity index (χ1v) is 16.1. The van der Waals surface area contributed by atoms with Crippen LogP contribution in [0.1, 0.15) is 25.0 Å². The van der Waals surface area contributed by atoms with Crippen LogP contribution in [0.25, 0.3) is 27.7 Å². The van der Waals surface area contributed by atoms with Gasteiger partial charge in [-0.25, -0.2) is 0 Å². The second-order valence-electron chi connectivity index (χ2n) is 11.4. The lowest BCUT2D eigenvalue weighted by Gasteiger charge is -2.24. The van der Waals surface area contributed by atoms with Crippen molar-refractivity contribution in [1.82, 2.24) is 4.98 Å². The summed E-state index contributed by atoms with van der Waals surface area (Å²) in [6.45, 7) is 6.18. The first-order chi connectivity index (χ1) is 22.7. The van der Waals surface area contributed by atoms with Gasteiger partial charge >= 0.3 is 0 Å². The van der Waals surface area contributed by atoms with Crippen LogP contribution in [-0.4, -0.2) is 28.4 Å². The third kappa shape index (κ3) is 5.64. The predicted molar refractivity (Wildman–Crippen MR) is 196 cm³/mol. The number of fused-ring (bicyclic) bond motifs is 1. The SMILES string of the molecule is CCN(c1ccccc1)c1ccc(C(=C2C=CC(=[N+](CC)c3ccccc3)C=C2)c2c(-c3ccccc3)[nH]c3ccccc23)cc1. The minimum Gasteiger partial charge on any atom is -0.354 e. The van der Waals surface area contributed by atoms with Crippen LogP contribution >= 0.6 is 0 Å². The van der Waals surface area contributed by atoms with Crippen molar-refractivity contribution in [2.75, 3.05) is 18.0 Å². The van der Waals surface area contributed by atoms with Gasteiger partial charge in [0, 0.05) is 58.7 Å². The zero-order valence-electron chi connectivity index (χ0n) is 26.4. The number of nitrogens with zero attached hydrogens (tertiary/aromatic N) is 2. The molecule has 224 valence electrons. The average Bonchev–Trinajstić information content (AvgIpc) is 3.51. The van der Waals surface area contributed by atoms with Gasteiger partial charge in [0.05, 0.1) is 5.69 Å². The Balaban J connectivity index is 1.42. The van der Waals surface area contributed by atoms with E-state index in [0.717, 1.165) is 24.3 Å². The van der Waals surface area contributed by atoms with Gasteiger partial charge in [0.2, 0.25) is 11.4 Å². The third-order valence-electron chi connectivity index (χ3n) is 8.72. The molecule has 46 heavy (non-hydrogen) atoms. The Morgan fingerprint density at radius 1 is 0.609 bits per heavy atom. The van der Waals surface area contributed by atoms with Gasteiger partial charge in [0.15, 0.2) is 0 Å². The van der Waals surface area contributed by atoms with Crippen LogP contribution in [0, 0.1) is 0 Å². The minimum atomic E-state index is 0.886. The molecule has 0 bridgehead atoms. The van der Waals surface area contributed by atoms with Gasteiger partial charge in [-0.1, -0.05) is 97.1 Å². The van der Waals surface area contributed by atoms with Gasteiger partial charge < -0.3 is 9.88 Å². The molecule has 6 aromatic rings. The molecule has 1 heterocycles. The van der Waals surface area contributed by atoms with Crippen LogP contribution in [0.3, 0.4) is 0 Å². The largest absolute Gasteiger partial charge is 0.354 e. The molecule has 0 amide bonds. The average molecular weight is 597 g/mol. The fourth-order valence-electron chi connectivity index (χ4n) is 6.54. The molecule has 0 spiro atoms. The number of para-hydroxylation sites is 3. The van der Waals surface area contributed by atoms with E-state index in [0.29, 0.717) is 0 Å². The Kier molecular flexibility index (Phi) is 8.30. The van der Waals surface area contributed by atoms with E-state index in [9.17, 15) is 0 Å². The fourth-order valence-corrected chi connectivity index (χ4v) is 6.54. The molecule has 3 nitrogen and oxygen atoms in total. The lowest BCUT2D eigenvalue weighted by Crippen LogP contribution is -2.15. The highest BCUT2D eigenvalue weighted by molar-refractivity contribution is 6.08. The van der Waals surface area contributed by atoms with Crippen LogP contribution in [0.4, 0.5) is 17.1 Å². The van der Waals surface area contributed by atoms with Crippen LogP contribution in [0.15, 0.2) is 169 Å². The lowest BCUT2D eigenvalue weighted by atomic mass is 9.87. The van der Waals surface area contributed by atoms with E-state index in [1.807, 2.05) is 0 Å². The van der Waals surface area contributed by atoms with E-state index in [4.69, 9.17) is 0 Å². The summed E-state index contributed by atoms with van der Waals surface area (Å²) in [5.74, 6) is 0. The second kappa shape index (κ2) is 13.1. The molecule has 0 saturated heterocycles. The maximum Gasteiger partial charge on any atom is 0.205 e. The third-order valence-corrected chi connectivity index (χ3v) is 8.72. The van der Waals surface area contributed by atoms with Crippen molar-refractivity contribution in [2.24, 2.45) is 0 Å². The minimum absolute atomic E-state index is 0.886. The van der Waals surface area contributed by atoms with Crippen molar-refractivity contribution in [3.05, 3.63) is 181 Å².